The summed E-state index contributed by atoms with van der Waals surface area (Å²) >= 11 is 18.3. The Balaban J connectivity index is 1.73. The Morgan fingerprint density at radius 1 is 0.909 bits per heavy atom. The van der Waals surface area contributed by atoms with Crippen molar-refractivity contribution in [2.75, 3.05) is 7.11 Å². The molecule has 166 valence electrons. The smallest absolute Gasteiger partial charge is 0.251 e. The molecule has 0 aliphatic carbocycles. The minimum atomic E-state index is 0.0491. The van der Waals surface area contributed by atoms with Crippen molar-refractivity contribution >= 4 is 53.2 Å². The van der Waals surface area contributed by atoms with E-state index in [1.54, 1.807) is 49.9 Å². The highest BCUT2D eigenvalue weighted by Gasteiger charge is 2.10. The van der Waals surface area contributed by atoms with Crippen molar-refractivity contribution < 1.29 is 9.84 Å². The van der Waals surface area contributed by atoms with Crippen molar-refractivity contribution in [3.63, 3.8) is 0 Å². The average molecular weight is 500 g/mol. The van der Waals surface area contributed by atoms with Crippen LogP contribution >= 0.6 is 34.8 Å². The summed E-state index contributed by atoms with van der Waals surface area (Å²) < 4.78 is 6.74. The number of hydrogen-bond donors (Lipinski definition) is 1. The van der Waals surface area contributed by atoms with E-state index in [1.807, 2.05) is 24.3 Å². The Hall–Kier alpha value is -3.32. The van der Waals surface area contributed by atoms with Crippen molar-refractivity contribution in [1.29, 1.82) is 0 Å². The Labute approximate surface area is 205 Å². The van der Waals surface area contributed by atoms with Crippen LogP contribution in [0, 0.1) is 0 Å². The van der Waals surface area contributed by atoms with Gasteiger partial charge in [-0.25, -0.2) is 14.7 Å². The van der Waals surface area contributed by atoms with E-state index < -0.39 is 0 Å². The topological polar surface area (TPSA) is 72.0 Å². The zero-order valence-corrected chi connectivity index (χ0v) is 19.6. The first-order chi connectivity index (χ1) is 15.9. The summed E-state index contributed by atoms with van der Waals surface area (Å²) in [4.78, 5) is 9.02. The van der Waals surface area contributed by atoms with Gasteiger partial charge in [-0.2, -0.15) is 5.10 Å². The number of aromatic nitrogens is 2. The fourth-order valence-corrected chi connectivity index (χ4v) is 3.56. The molecule has 0 aliphatic heterocycles. The molecule has 0 saturated carbocycles. The van der Waals surface area contributed by atoms with Gasteiger partial charge in [-0.15, -0.1) is 0 Å². The number of ether oxygens (including phenoxy) is 1. The monoisotopic (exact) mass is 498 g/mol. The molecule has 1 heterocycles. The van der Waals surface area contributed by atoms with Gasteiger partial charge in [0.15, 0.2) is 0 Å². The van der Waals surface area contributed by atoms with Crippen molar-refractivity contribution in [2.45, 2.75) is 0 Å². The normalized spacial score (nSPS) is 11.5. The minimum Gasteiger partial charge on any atom is -0.507 e. The number of phenols is 1. The van der Waals surface area contributed by atoms with Crippen molar-refractivity contribution in [3.8, 4) is 22.8 Å². The summed E-state index contributed by atoms with van der Waals surface area (Å²) in [6, 6.07) is 17.3. The first-order valence-electron chi connectivity index (χ1n) is 9.69. The highest BCUT2D eigenvalue weighted by molar-refractivity contribution is 6.36. The summed E-state index contributed by atoms with van der Waals surface area (Å²) in [5, 5.41) is 16.0. The molecule has 0 unspecified atom stereocenters. The van der Waals surface area contributed by atoms with Crippen LogP contribution in [0.2, 0.25) is 15.1 Å². The van der Waals surface area contributed by atoms with E-state index in [2.05, 4.69) is 15.1 Å². The highest BCUT2D eigenvalue weighted by atomic mass is 35.5. The summed E-state index contributed by atoms with van der Waals surface area (Å²) in [7, 11) is 1.61. The number of hydrogen-bond acceptors (Lipinski definition) is 5. The van der Waals surface area contributed by atoms with E-state index in [0.29, 0.717) is 37.8 Å². The van der Waals surface area contributed by atoms with Gasteiger partial charge in [0.25, 0.3) is 5.95 Å². The predicted octanol–water partition coefficient (Wildman–Crippen LogP) is 6.86. The van der Waals surface area contributed by atoms with Crippen molar-refractivity contribution in [1.82, 2.24) is 9.66 Å². The number of phenolic OH excluding ortho intramolecular Hbond substituents is 1. The third kappa shape index (κ3) is 5.54. The average Bonchev–Trinajstić information content (AvgIpc) is 3.22. The number of halogens is 3. The van der Waals surface area contributed by atoms with Gasteiger partial charge >= 0.3 is 0 Å². The highest BCUT2D eigenvalue weighted by Crippen LogP contribution is 2.26. The molecular formula is C24H17Cl3N4O2. The second kappa shape index (κ2) is 10.1. The van der Waals surface area contributed by atoms with Crippen molar-refractivity contribution in [3.05, 3.63) is 93.1 Å². The van der Waals surface area contributed by atoms with E-state index in [1.165, 1.54) is 17.0 Å². The zero-order valence-electron chi connectivity index (χ0n) is 17.3. The molecule has 3 aromatic carbocycles. The lowest BCUT2D eigenvalue weighted by molar-refractivity contribution is 0.415. The maximum atomic E-state index is 10.1. The largest absolute Gasteiger partial charge is 0.507 e. The van der Waals surface area contributed by atoms with Gasteiger partial charge in [-0.05, 0) is 54.6 Å². The van der Waals surface area contributed by atoms with Gasteiger partial charge in [-0.1, -0.05) is 40.9 Å². The summed E-state index contributed by atoms with van der Waals surface area (Å²) in [6.45, 7) is 0. The second-order valence-electron chi connectivity index (χ2n) is 6.87. The van der Waals surface area contributed by atoms with Crippen LogP contribution in [0.1, 0.15) is 11.1 Å². The molecular weight excluding hydrogens is 483 g/mol. The molecule has 0 radical (unpaired) electrons. The van der Waals surface area contributed by atoms with Crippen LogP contribution in [0.25, 0.3) is 11.3 Å². The first-order valence-corrected chi connectivity index (χ1v) is 10.8. The molecule has 4 aromatic rings. The fourth-order valence-electron chi connectivity index (χ4n) is 2.92. The molecule has 4 rings (SSSR count). The standard InChI is InChI=1S/C24H17Cl3N4O2/c1-33-20-7-3-15(4-8-20)22-14-31(29-13-16-2-5-19(26)11-21(16)27)24(30-22)28-12-17-10-18(25)6-9-23(17)32/h2-14,32H,1H3/b28-12+,29-13+. The lowest BCUT2D eigenvalue weighted by atomic mass is 10.2. The molecule has 0 amide bonds. The molecule has 1 aromatic heterocycles. The lowest BCUT2D eigenvalue weighted by Crippen LogP contribution is -1.91. The van der Waals surface area contributed by atoms with Crippen LogP contribution in [0.3, 0.4) is 0 Å². The van der Waals surface area contributed by atoms with E-state index in [4.69, 9.17) is 39.5 Å². The van der Waals surface area contributed by atoms with Gasteiger partial charge < -0.3 is 9.84 Å². The van der Waals surface area contributed by atoms with E-state index in [0.717, 1.165) is 11.3 Å². The van der Waals surface area contributed by atoms with Gasteiger partial charge in [0.2, 0.25) is 0 Å². The van der Waals surface area contributed by atoms with Gasteiger partial charge in [-0.3, -0.25) is 0 Å². The van der Waals surface area contributed by atoms with E-state index in [-0.39, 0.29) is 5.75 Å². The Kier molecular flexibility index (Phi) is 6.99. The summed E-state index contributed by atoms with van der Waals surface area (Å²) in [5.74, 6) is 1.08. The molecule has 6 nitrogen and oxygen atoms in total. The Morgan fingerprint density at radius 3 is 2.36 bits per heavy atom. The molecule has 0 atom stereocenters. The maximum Gasteiger partial charge on any atom is 0.251 e. The predicted molar refractivity (Wildman–Crippen MR) is 134 cm³/mol. The quantitative estimate of drug-likeness (QED) is 0.295. The second-order valence-corrected chi connectivity index (χ2v) is 8.15. The minimum absolute atomic E-state index is 0.0491. The first kappa shape index (κ1) is 22.9. The Bertz CT molecular complexity index is 1350. The molecule has 0 bridgehead atoms. The molecule has 0 aliphatic rings. The molecule has 1 N–H and O–H groups in total. The van der Waals surface area contributed by atoms with Crippen molar-refractivity contribution in [2.24, 2.45) is 10.1 Å². The number of imidazole rings is 1. The number of methoxy groups -OCH3 is 1. The SMILES string of the molecule is COc1ccc(-c2cn(/N=C/c3ccc(Cl)cc3Cl)c(/N=C/c3cc(Cl)ccc3O)n2)cc1. The number of aliphatic imine (C=N–C) groups is 1. The third-order valence-electron chi connectivity index (χ3n) is 4.65. The fraction of sp³-hybridized carbons (Fsp3) is 0.0417. The van der Waals surface area contributed by atoms with Gasteiger partial charge in [0.05, 0.1) is 30.2 Å². The molecule has 0 spiro atoms. The number of nitrogens with zero attached hydrogens (tertiary/aromatic N) is 4. The lowest BCUT2D eigenvalue weighted by Gasteiger charge is -2.00. The third-order valence-corrected chi connectivity index (χ3v) is 5.45. The maximum absolute atomic E-state index is 10.1. The summed E-state index contributed by atoms with van der Waals surface area (Å²) in [5.41, 5.74) is 2.65. The van der Waals surface area contributed by atoms with Gasteiger partial charge in [0, 0.05) is 33.0 Å². The molecule has 0 fully saturated rings. The Morgan fingerprint density at radius 2 is 1.64 bits per heavy atom. The summed E-state index contributed by atoms with van der Waals surface area (Å²) in [6.07, 6.45) is 4.81. The van der Waals surface area contributed by atoms with Crippen LogP contribution in [0.5, 0.6) is 11.5 Å². The van der Waals surface area contributed by atoms with Crippen LogP contribution in [-0.2, 0) is 0 Å². The number of benzene rings is 3. The molecule has 33 heavy (non-hydrogen) atoms. The van der Waals surface area contributed by atoms with Crippen LogP contribution in [-0.4, -0.2) is 34.3 Å². The van der Waals surface area contributed by atoms with Crippen LogP contribution in [0.4, 0.5) is 5.95 Å². The zero-order chi connectivity index (χ0) is 23.4. The van der Waals surface area contributed by atoms with Gasteiger partial charge in [0.1, 0.15) is 11.5 Å². The van der Waals surface area contributed by atoms with E-state index >= 15 is 0 Å². The van der Waals surface area contributed by atoms with Crippen LogP contribution < -0.4 is 4.74 Å². The molecule has 9 heteroatoms. The van der Waals surface area contributed by atoms with E-state index in [9.17, 15) is 5.11 Å². The van der Waals surface area contributed by atoms with Crippen LogP contribution in [0.15, 0.2) is 77.0 Å². The number of rotatable bonds is 6. The molecule has 0 saturated heterocycles. The number of aromatic hydroxyl groups is 1.